The summed E-state index contributed by atoms with van der Waals surface area (Å²) < 4.78 is 0. The number of H-pyrrole nitrogens is 1. The van der Waals surface area contributed by atoms with Gasteiger partial charge in [0, 0.05) is 21.8 Å². The molecule has 0 spiro atoms. The van der Waals surface area contributed by atoms with Crippen molar-refractivity contribution in [2.24, 2.45) is 0 Å². The normalized spacial score (nSPS) is 11.1. The molecule has 1 aromatic heterocycles. The van der Waals surface area contributed by atoms with Crippen molar-refractivity contribution in [2.45, 2.75) is 38.5 Å². The van der Waals surface area contributed by atoms with Crippen LogP contribution in [0.2, 0.25) is 0 Å². The highest BCUT2D eigenvalue weighted by Gasteiger charge is 2.12. The fourth-order valence-corrected chi connectivity index (χ4v) is 2.97. The van der Waals surface area contributed by atoms with Gasteiger partial charge in [-0.3, -0.25) is 4.79 Å². The average molecular weight is 287 g/mol. The number of aromatic amines is 1. The molecule has 2 rings (SSSR count). The Morgan fingerprint density at radius 1 is 1.20 bits per heavy atom. The third kappa shape index (κ3) is 3.54. The van der Waals surface area contributed by atoms with Crippen LogP contribution in [0.4, 0.5) is 0 Å². The van der Waals surface area contributed by atoms with Gasteiger partial charge in [0.1, 0.15) is 0 Å². The van der Waals surface area contributed by atoms with E-state index < -0.39 is 0 Å². The first-order valence-corrected chi connectivity index (χ1v) is 7.88. The average Bonchev–Trinajstić information content (AvgIpc) is 2.75. The first kappa shape index (κ1) is 14.9. The Labute approximate surface area is 125 Å². The molecule has 1 aromatic carbocycles. The van der Waals surface area contributed by atoms with Crippen molar-refractivity contribution in [1.29, 1.82) is 0 Å². The Kier molecular flexibility index (Phi) is 4.71. The van der Waals surface area contributed by atoms with Gasteiger partial charge in [0.2, 0.25) is 0 Å². The van der Waals surface area contributed by atoms with Gasteiger partial charge in [-0.25, -0.2) is 0 Å². The van der Waals surface area contributed by atoms with Crippen molar-refractivity contribution < 1.29 is 4.79 Å². The summed E-state index contributed by atoms with van der Waals surface area (Å²) in [6, 6.07) is 10.4. The van der Waals surface area contributed by atoms with Crippen LogP contribution in [0.25, 0.3) is 0 Å². The maximum absolute atomic E-state index is 12.2. The van der Waals surface area contributed by atoms with E-state index in [0.717, 1.165) is 21.8 Å². The summed E-state index contributed by atoms with van der Waals surface area (Å²) in [6.45, 7) is 8.29. The van der Waals surface area contributed by atoms with Crippen LogP contribution >= 0.6 is 11.8 Å². The number of carbonyl (C=O) groups excluding carboxylic acids is 1. The molecule has 3 heteroatoms. The summed E-state index contributed by atoms with van der Waals surface area (Å²) in [5.74, 6) is 1.21. The molecule has 0 unspecified atom stereocenters. The highest BCUT2D eigenvalue weighted by molar-refractivity contribution is 8.00. The van der Waals surface area contributed by atoms with Crippen molar-refractivity contribution in [3.63, 3.8) is 0 Å². The monoisotopic (exact) mass is 287 g/mol. The number of benzene rings is 1. The molecule has 0 aliphatic heterocycles. The van der Waals surface area contributed by atoms with Gasteiger partial charge in [0.25, 0.3) is 0 Å². The molecule has 2 nitrogen and oxygen atoms in total. The molecule has 20 heavy (non-hydrogen) atoms. The van der Waals surface area contributed by atoms with E-state index in [-0.39, 0.29) is 5.78 Å². The van der Waals surface area contributed by atoms with Crippen LogP contribution in [0.1, 0.15) is 47.1 Å². The SMILES string of the molecule is Cc1cc(C(=O)CSc2ccc(C(C)C)cc2)c(C)[nH]1. The Morgan fingerprint density at radius 3 is 2.35 bits per heavy atom. The van der Waals surface area contributed by atoms with Crippen LogP contribution in [-0.2, 0) is 0 Å². The van der Waals surface area contributed by atoms with E-state index in [0.29, 0.717) is 11.7 Å². The van der Waals surface area contributed by atoms with Gasteiger partial charge in [-0.05, 0) is 43.5 Å². The molecule has 0 aliphatic rings. The molecule has 106 valence electrons. The number of aromatic nitrogens is 1. The minimum Gasteiger partial charge on any atom is -0.362 e. The van der Waals surface area contributed by atoms with E-state index in [1.54, 1.807) is 11.8 Å². The van der Waals surface area contributed by atoms with Crippen LogP contribution in [-0.4, -0.2) is 16.5 Å². The summed E-state index contributed by atoms with van der Waals surface area (Å²) in [5.41, 5.74) is 4.15. The van der Waals surface area contributed by atoms with Gasteiger partial charge in [0.15, 0.2) is 5.78 Å². The van der Waals surface area contributed by atoms with E-state index in [2.05, 4.69) is 43.1 Å². The first-order valence-electron chi connectivity index (χ1n) is 6.89. The third-order valence-corrected chi connectivity index (χ3v) is 4.38. The van der Waals surface area contributed by atoms with Gasteiger partial charge in [-0.2, -0.15) is 0 Å². The molecule has 0 bridgehead atoms. The zero-order valence-corrected chi connectivity index (χ0v) is 13.3. The van der Waals surface area contributed by atoms with Crippen molar-refractivity contribution in [3.8, 4) is 0 Å². The Hall–Kier alpha value is -1.48. The molecule has 2 aromatic rings. The number of thioether (sulfide) groups is 1. The Morgan fingerprint density at radius 2 is 1.85 bits per heavy atom. The van der Waals surface area contributed by atoms with Crippen molar-refractivity contribution in [1.82, 2.24) is 4.98 Å². The second-order valence-corrected chi connectivity index (χ2v) is 6.48. The highest BCUT2D eigenvalue weighted by Crippen LogP contribution is 2.23. The fourth-order valence-electron chi connectivity index (χ4n) is 2.19. The molecule has 0 fully saturated rings. The standard InChI is InChI=1S/C17H21NOS/c1-11(2)14-5-7-15(8-6-14)20-10-17(19)16-9-12(3)18-13(16)4/h5-9,11,18H,10H2,1-4H3. The number of nitrogens with one attached hydrogen (secondary N) is 1. The molecule has 1 heterocycles. The first-order chi connectivity index (χ1) is 9.47. The molecule has 0 amide bonds. The van der Waals surface area contributed by atoms with Crippen molar-refractivity contribution in [2.75, 3.05) is 5.75 Å². The molecular formula is C17H21NOS. The predicted molar refractivity (Wildman–Crippen MR) is 85.9 cm³/mol. The van der Waals surface area contributed by atoms with E-state index in [4.69, 9.17) is 0 Å². The maximum Gasteiger partial charge on any atom is 0.174 e. The van der Waals surface area contributed by atoms with Gasteiger partial charge in [-0.1, -0.05) is 26.0 Å². The van der Waals surface area contributed by atoms with E-state index >= 15 is 0 Å². The minimum atomic E-state index is 0.185. The van der Waals surface area contributed by atoms with Crippen LogP contribution in [0, 0.1) is 13.8 Å². The van der Waals surface area contributed by atoms with E-state index in [1.165, 1.54) is 5.56 Å². The Balaban J connectivity index is 1.98. The number of hydrogen-bond donors (Lipinski definition) is 1. The number of aryl methyl sites for hydroxylation is 2. The van der Waals surface area contributed by atoms with E-state index in [1.807, 2.05) is 19.9 Å². The molecule has 0 saturated heterocycles. The summed E-state index contributed by atoms with van der Waals surface area (Å²) in [6.07, 6.45) is 0. The van der Waals surface area contributed by atoms with Crippen LogP contribution in [0.15, 0.2) is 35.2 Å². The lowest BCUT2D eigenvalue weighted by Crippen LogP contribution is -2.02. The smallest absolute Gasteiger partial charge is 0.174 e. The van der Waals surface area contributed by atoms with Crippen LogP contribution in [0.5, 0.6) is 0 Å². The van der Waals surface area contributed by atoms with Crippen LogP contribution in [0.3, 0.4) is 0 Å². The number of Topliss-reactive ketones (excluding diaryl/α,β-unsaturated/α-hetero) is 1. The van der Waals surface area contributed by atoms with Crippen LogP contribution < -0.4 is 0 Å². The number of rotatable bonds is 5. The van der Waals surface area contributed by atoms with Gasteiger partial charge >= 0.3 is 0 Å². The second-order valence-electron chi connectivity index (χ2n) is 5.43. The maximum atomic E-state index is 12.2. The number of carbonyl (C=O) groups is 1. The lowest BCUT2D eigenvalue weighted by atomic mass is 10.0. The molecule has 0 aliphatic carbocycles. The van der Waals surface area contributed by atoms with E-state index in [9.17, 15) is 4.79 Å². The van der Waals surface area contributed by atoms with Crippen molar-refractivity contribution >= 4 is 17.5 Å². The number of ketones is 1. The number of hydrogen-bond acceptors (Lipinski definition) is 2. The molecule has 0 atom stereocenters. The van der Waals surface area contributed by atoms with Crippen molar-refractivity contribution in [3.05, 3.63) is 52.8 Å². The topological polar surface area (TPSA) is 32.9 Å². The zero-order valence-electron chi connectivity index (χ0n) is 12.5. The lowest BCUT2D eigenvalue weighted by Gasteiger charge is -2.06. The minimum absolute atomic E-state index is 0.185. The predicted octanol–water partition coefficient (Wildman–Crippen LogP) is 4.73. The highest BCUT2D eigenvalue weighted by atomic mass is 32.2. The summed E-state index contributed by atoms with van der Waals surface area (Å²) in [5, 5.41) is 0. The summed E-state index contributed by atoms with van der Waals surface area (Å²) >= 11 is 1.60. The molecule has 1 N–H and O–H groups in total. The van der Waals surface area contributed by atoms with Gasteiger partial charge < -0.3 is 4.98 Å². The zero-order chi connectivity index (χ0) is 14.7. The molecule has 0 saturated carbocycles. The Bertz CT molecular complexity index is 596. The van der Waals surface area contributed by atoms with Gasteiger partial charge in [0.05, 0.1) is 5.75 Å². The summed E-state index contributed by atoms with van der Waals surface area (Å²) in [4.78, 5) is 16.5. The quantitative estimate of drug-likeness (QED) is 0.637. The summed E-state index contributed by atoms with van der Waals surface area (Å²) in [7, 11) is 0. The largest absolute Gasteiger partial charge is 0.362 e. The fraction of sp³-hybridized carbons (Fsp3) is 0.353. The second kappa shape index (κ2) is 6.31. The molecular weight excluding hydrogens is 266 g/mol. The molecule has 0 radical (unpaired) electrons. The van der Waals surface area contributed by atoms with Gasteiger partial charge in [-0.15, -0.1) is 11.8 Å². The lowest BCUT2D eigenvalue weighted by molar-refractivity contribution is 0.102. The third-order valence-electron chi connectivity index (χ3n) is 3.37.